The second-order valence-corrected chi connectivity index (χ2v) is 5.77. The number of nitrogens with zero attached hydrogens (tertiary/aromatic N) is 2. The number of likely N-dealkylation sites (N-methyl/N-ethyl adjacent to an activating group) is 1. The van der Waals surface area contributed by atoms with Crippen LogP contribution >= 0.6 is 11.6 Å². The molecule has 1 atom stereocenters. The van der Waals surface area contributed by atoms with E-state index < -0.39 is 0 Å². The van der Waals surface area contributed by atoms with Crippen molar-refractivity contribution in [1.82, 2.24) is 15.2 Å². The standard InChI is InChI=1S/C16H20ClN3O/c1-18-9-14-11-20(6-7-21-14)10-13-8-12-4-2-3-5-15(12)19-16(13)17/h2-5,8,14,18H,6-7,9-11H2,1H3. The molecule has 3 rings (SSSR count). The number of para-hydroxylation sites is 1. The lowest BCUT2D eigenvalue weighted by molar-refractivity contribution is -0.0291. The number of rotatable bonds is 4. The van der Waals surface area contributed by atoms with E-state index in [4.69, 9.17) is 16.3 Å². The van der Waals surface area contributed by atoms with Crippen LogP contribution in [0.4, 0.5) is 0 Å². The lowest BCUT2D eigenvalue weighted by atomic mass is 10.1. The SMILES string of the molecule is CNCC1CN(Cc2cc3ccccc3nc2Cl)CCO1. The molecule has 0 saturated carbocycles. The van der Waals surface area contributed by atoms with Crippen LogP contribution in [0.25, 0.3) is 10.9 Å². The van der Waals surface area contributed by atoms with Crippen LogP contribution in [0.2, 0.25) is 5.15 Å². The minimum absolute atomic E-state index is 0.246. The van der Waals surface area contributed by atoms with E-state index in [0.717, 1.165) is 49.3 Å². The molecule has 2 aromatic rings. The first-order chi connectivity index (χ1) is 10.3. The van der Waals surface area contributed by atoms with Crippen LogP contribution in [0, 0.1) is 0 Å². The number of pyridine rings is 1. The predicted octanol–water partition coefficient (Wildman–Crippen LogP) is 2.31. The maximum Gasteiger partial charge on any atom is 0.134 e. The van der Waals surface area contributed by atoms with E-state index in [-0.39, 0.29) is 6.10 Å². The van der Waals surface area contributed by atoms with Gasteiger partial charge in [0.1, 0.15) is 5.15 Å². The summed E-state index contributed by atoms with van der Waals surface area (Å²) >= 11 is 6.34. The lowest BCUT2D eigenvalue weighted by Gasteiger charge is -2.33. The van der Waals surface area contributed by atoms with E-state index in [0.29, 0.717) is 5.15 Å². The van der Waals surface area contributed by atoms with Crippen LogP contribution in [0.5, 0.6) is 0 Å². The Balaban J connectivity index is 1.76. The first-order valence-corrected chi connectivity index (χ1v) is 7.67. The smallest absolute Gasteiger partial charge is 0.134 e. The third-order valence-corrected chi connectivity index (χ3v) is 4.13. The van der Waals surface area contributed by atoms with Crippen LogP contribution in [0.1, 0.15) is 5.56 Å². The van der Waals surface area contributed by atoms with E-state index in [9.17, 15) is 0 Å². The highest BCUT2D eigenvalue weighted by Gasteiger charge is 2.20. The van der Waals surface area contributed by atoms with E-state index >= 15 is 0 Å². The zero-order chi connectivity index (χ0) is 14.7. The highest BCUT2D eigenvalue weighted by molar-refractivity contribution is 6.30. The highest BCUT2D eigenvalue weighted by atomic mass is 35.5. The van der Waals surface area contributed by atoms with Crippen LogP contribution in [0.3, 0.4) is 0 Å². The Morgan fingerprint density at radius 1 is 1.43 bits per heavy atom. The van der Waals surface area contributed by atoms with Gasteiger partial charge in [-0.15, -0.1) is 0 Å². The molecule has 1 aliphatic heterocycles. The van der Waals surface area contributed by atoms with Crippen molar-refractivity contribution >= 4 is 22.5 Å². The molecule has 1 aromatic heterocycles. The molecule has 0 aliphatic carbocycles. The zero-order valence-corrected chi connectivity index (χ0v) is 12.9. The Labute approximate surface area is 130 Å². The summed E-state index contributed by atoms with van der Waals surface area (Å²) in [5, 5.41) is 4.91. The van der Waals surface area contributed by atoms with E-state index in [1.54, 1.807) is 0 Å². The molecule has 1 fully saturated rings. The number of benzene rings is 1. The normalized spacial score (nSPS) is 20.0. The molecule has 1 aliphatic rings. The second kappa shape index (κ2) is 6.71. The van der Waals surface area contributed by atoms with Gasteiger partial charge in [0.25, 0.3) is 0 Å². The molecule has 0 spiro atoms. The van der Waals surface area contributed by atoms with E-state index in [2.05, 4.69) is 27.3 Å². The number of morpholine rings is 1. The molecule has 0 amide bonds. The average Bonchev–Trinajstić information content (AvgIpc) is 2.49. The number of hydrogen-bond donors (Lipinski definition) is 1. The molecule has 112 valence electrons. The van der Waals surface area contributed by atoms with Crippen molar-refractivity contribution in [3.05, 3.63) is 41.0 Å². The predicted molar refractivity (Wildman–Crippen MR) is 85.7 cm³/mol. The Kier molecular flexibility index (Phi) is 4.70. The number of ether oxygens (including phenoxy) is 1. The molecule has 5 heteroatoms. The molecular formula is C16H20ClN3O. The van der Waals surface area contributed by atoms with Crippen molar-refractivity contribution in [3.63, 3.8) is 0 Å². The molecule has 0 radical (unpaired) electrons. The van der Waals surface area contributed by atoms with Gasteiger partial charge in [-0.3, -0.25) is 4.90 Å². The Hall–Kier alpha value is -1.20. The van der Waals surface area contributed by atoms with Gasteiger partial charge in [-0.25, -0.2) is 4.98 Å². The Bertz CT molecular complexity index is 617. The largest absolute Gasteiger partial charge is 0.374 e. The van der Waals surface area contributed by atoms with Gasteiger partial charge in [-0.2, -0.15) is 0 Å². The van der Waals surface area contributed by atoms with Gasteiger partial charge in [0.05, 0.1) is 18.2 Å². The minimum atomic E-state index is 0.246. The van der Waals surface area contributed by atoms with Crippen molar-refractivity contribution in [1.29, 1.82) is 0 Å². The highest BCUT2D eigenvalue weighted by Crippen LogP contribution is 2.22. The van der Waals surface area contributed by atoms with Gasteiger partial charge >= 0.3 is 0 Å². The van der Waals surface area contributed by atoms with Gasteiger partial charge in [-0.05, 0) is 19.2 Å². The minimum Gasteiger partial charge on any atom is -0.374 e. The topological polar surface area (TPSA) is 37.4 Å². The molecule has 4 nitrogen and oxygen atoms in total. The summed E-state index contributed by atoms with van der Waals surface area (Å²) in [6.45, 7) is 4.32. The monoisotopic (exact) mass is 305 g/mol. The van der Waals surface area contributed by atoms with Crippen LogP contribution < -0.4 is 5.32 Å². The Morgan fingerprint density at radius 2 is 2.29 bits per heavy atom. The lowest BCUT2D eigenvalue weighted by Crippen LogP contribution is -2.45. The number of fused-ring (bicyclic) bond motifs is 1. The quantitative estimate of drug-likeness (QED) is 0.880. The van der Waals surface area contributed by atoms with Crippen molar-refractivity contribution in [2.75, 3.05) is 33.3 Å². The summed E-state index contributed by atoms with van der Waals surface area (Å²) in [4.78, 5) is 6.87. The summed E-state index contributed by atoms with van der Waals surface area (Å²) in [6.07, 6.45) is 0.246. The van der Waals surface area contributed by atoms with Gasteiger partial charge in [0, 0.05) is 37.1 Å². The van der Waals surface area contributed by atoms with Crippen molar-refractivity contribution in [2.24, 2.45) is 0 Å². The third kappa shape index (κ3) is 3.52. The number of aromatic nitrogens is 1. The molecule has 1 unspecified atom stereocenters. The fourth-order valence-electron chi connectivity index (χ4n) is 2.76. The third-order valence-electron chi connectivity index (χ3n) is 3.80. The number of hydrogen-bond acceptors (Lipinski definition) is 4. The summed E-state index contributed by atoms with van der Waals surface area (Å²) in [6, 6.07) is 10.2. The molecule has 1 N–H and O–H groups in total. The average molecular weight is 306 g/mol. The summed E-state index contributed by atoms with van der Waals surface area (Å²) < 4.78 is 5.73. The summed E-state index contributed by atoms with van der Waals surface area (Å²) in [5.74, 6) is 0. The molecule has 1 aromatic carbocycles. The summed E-state index contributed by atoms with van der Waals surface area (Å²) in [5.41, 5.74) is 2.03. The Morgan fingerprint density at radius 3 is 3.14 bits per heavy atom. The number of halogens is 1. The fourth-order valence-corrected chi connectivity index (χ4v) is 2.97. The van der Waals surface area contributed by atoms with E-state index in [1.165, 1.54) is 0 Å². The maximum atomic E-state index is 6.34. The van der Waals surface area contributed by atoms with Gasteiger partial charge in [0.15, 0.2) is 0 Å². The van der Waals surface area contributed by atoms with Gasteiger partial charge < -0.3 is 10.1 Å². The number of nitrogens with one attached hydrogen (secondary N) is 1. The molecule has 1 saturated heterocycles. The van der Waals surface area contributed by atoms with Crippen molar-refractivity contribution in [3.8, 4) is 0 Å². The molecule has 0 bridgehead atoms. The van der Waals surface area contributed by atoms with Crippen molar-refractivity contribution < 1.29 is 4.74 Å². The second-order valence-electron chi connectivity index (χ2n) is 5.42. The van der Waals surface area contributed by atoms with Crippen LogP contribution in [0.15, 0.2) is 30.3 Å². The van der Waals surface area contributed by atoms with Gasteiger partial charge in [0.2, 0.25) is 0 Å². The fraction of sp³-hybridized carbons (Fsp3) is 0.438. The van der Waals surface area contributed by atoms with Crippen LogP contribution in [-0.4, -0.2) is 49.3 Å². The first-order valence-electron chi connectivity index (χ1n) is 7.29. The van der Waals surface area contributed by atoms with Crippen molar-refractivity contribution in [2.45, 2.75) is 12.6 Å². The maximum absolute atomic E-state index is 6.34. The molecule has 2 heterocycles. The van der Waals surface area contributed by atoms with E-state index in [1.807, 2.05) is 25.2 Å². The van der Waals surface area contributed by atoms with Crippen LogP contribution in [-0.2, 0) is 11.3 Å². The molecular weight excluding hydrogens is 286 g/mol. The molecule has 21 heavy (non-hydrogen) atoms. The first kappa shape index (κ1) is 14.7. The zero-order valence-electron chi connectivity index (χ0n) is 12.2. The van der Waals surface area contributed by atoms with Gasteiger partial charge in [-0.1, -0.05) is 29.8 Å². The summed E-state index contributed by atoms with van der Waals surface area (Å²) in [7, 11) is 1.95.